The average Bonchev–Trinajstić information content (AvgIpc) is 2.36. The number of nitro benzene ring substituents is 1. The molecular weight excluding hydrogens is 297 g/mol. The molecule has 114 valence electrons. The van der Waals surface area contributed by atoms with Crippen molar-refractivity contribution >= 4 is 17.6 Å². The van der Waals surface area contributed by atoms with E-state index < -0.39 is 41.1 Å². The number of hydrogen-bond donors (Lipinski definition) is 2. The second kappa shape index (κ2) is 6.20. The van der Waals surface area contributed by atoms with E-state index in [1.807, 2.05) is 0 Å². The fraction of sp³-hybridized carbons (Fsp3) is 0.273. The highest BCUT2D eigenvalue weighted by Gasteiger charge is 2.40. The summed E-state index contributed by atoms with van der Waals surface area (Å²) in [6, 6.07) is 2.84. The van der Waals surface area contributed by atoms with E-state index in [1.54, 1.807) is 0 Å². The highest BCUT2D eigenvalue weighted by Crippen LogP contribution is 2.24. The van der Waals surface area contributed by atoms with Crippen LogP contribution < -0.4 is 5.32 Å². The number of carboxylic acids is 1. The van der Waals surface area contributed by atoms with Gasteiger partial charge in [0, 0.05) is 12.1 Å². The topological polar surface area (TPSA) is 110 Å². The van der Waals surface area contributed by atoms with Gasteiger partial charge in [-0.15, -0.1) is 0 Å². The number of aliphatic carboxylic acids is 1. The maximum absolute atomic E-state index is 12.2. The molecule has 1 aromatic carbocycles. The molecule has 1 amide bonds. The molecular formula is C11H9F3N2O5. The maximum Gasteiger partial charge on any atom is 0.471 e. The molecule has 0 spiro atoms. The Hall–Kier alpha value is -2.65. The van der Waals surface area contributed by atoms with Gasteiger partial charge in [0.15, 0.2) is 0 Å². The summed E-state index contributed by atoms with van der Waals surface area (Å²) in [5.41, 5.74) is -0.534. The minimum atomic E-state index is -5.18. The van der Waals surface area contributed by atoms with Gasteiger partial charge in [-0.1, -0.05) is 12.1 Å². The highest BCUT2D eigenvalue weighted by atomic mass is 19.4. The number of amides is 1. The molecule has 0 radical (unpaired) electrons. The van der Waals surface area contributed by atoms with Crippen LogP contribution in [0.3, 0.4) is 0 Å². The number of carbonyl (C=O) groups is 2. The number of nitrogens with zero attached hydrogens (tertiary/aromatic N) is 1. The maximum atomic E-state index is 12.2. The highest BCUT2D eigenvalue weighted by molar-refractivity contribution is 5.82. The molecule has 10 heteroatoms. The van der Waals surface area contributed by atoms with E-state index in [0.29, 0.717) is 0 Å². The number of carbonyl (C=O) groups excluding carboxylic acids is 1. The number of hydrogen-bond acceptors (Lipinski definition) is 4. The van der Waals surface area contributed by atoms with Crippen molar-refractivity contribution in [1.29, 1.82) is 0 Å². The predicted molar refractivity (Wildman–Crippen MR) is 62.3 cm³/mol. The third kappa shape index (κ3) is 4.75. The Bertz CT molecular complexity index is 573. The first-order chi connectivity index (χ1) is 9.61. The van der Waals surface area contributed by atoms with Crippen LogP contribution in [0.2, 0.25) is 0 Å². The SMILES string of the molecule is O=C(O)CC(NC(=O)C(F)(F)F)c1cccc([N+](=O)[O-])c1. The van der Waals surface area contributed by atoms with Crippen LogP contribution in [0, 0.1) is 10.1 Å². The summed E-state index contributed by atoms with van der Waals surface area (Å²) in [5, 5.41) is 20.8. The number of benzene rings is 1. The molecule has 0 bridgehead atoms. The fourth-order valence-corrected chi connectivity index (χ4v) is 1.52. The molecule has 7 nitrogen and oxygen atoms in total. The number of carboxylic acid groups (broad SMARTS) is 1. The lowest BCUT2D eigenvalue weighted by Gasteiger charge is -2.18. The first-order valence-corrected chi connectivity index (χ1v) is 5.45. The number of non-ortho nitro benzene ring substituents is 1. The first kappa shape index (κ1) is 16.4. The molecule has 0 heterocycles. The molecule has 1 unspecified atom stereocenters. The zero-order valence-corrected chi connectivity index (χ0v) is 10.3. The minimum absolute atomic E-state index is 0.107. The van der Waals surface area contributed by atoms with Crippen molar-refractivity contribution in [3.63, 3.8) is 0 Å². The summed E-state index contributed by atoms with van der Waals surface area (Å²) in [6.07, 6.45) is -6.03. The molecule has 1 atom stereocenters. The number of alkyl halides is 3. The number of nitrogens with one attached hydrogen (secondary N) is 1. The second-order valence-electron chi connectivity index (χ2n) is 3.97. The van der Waals surface area contributed by atoms with Crippen LogP contribution in [-0.4, -0.2) is 28.1 Å². The lowest BCUT2D eigenvalue weighted by molar-refractivity contribution is -0.384. The smallest absolute Gasteiger partial charge is 0.471 e. The Kier molecular flexibility index (Phi) is 4.84. The monoisotopic (exact) mass is 306 g/mol. The lowest BCUT2D eigenvalue weighted by atomic mass is 10.0. The van der Waals surface area contributed by atoms with Crippen LogP contribution in [0.1, 0.15) is 18.0 Å². The van der Waals surface area contributed by atoms with Gasteiger partial charge in [-0.25, -0.2) is 0 Å². The van der Waals surface area contributed by atoms with Crippen LogP contribution in [0.5, 0.6) is 0 Å². The van der Waals surface area contributed by atoms with Crippen molar-refractivity contribution in [3.8, 4) is 0 Å². The molecule has 0 aliphatic carbocycles. The Morgan fingerprint density at radius 2 is 2.00 bits per heavy atom. The van der Waals surface area contributed by atoms with Crippen molar-refractivity contribution in [1.82, 2.24) is 5.32 Å². The van der Waals surface area contributed by atoms with Gasteiger partial charge >= 0.3 is 18.1 Å². The van der Waals surface area contributed by atoms with Crippen molar-refractivity contribution in [2.24, 2.45) is 0 Å². The number of halogens is 3. The Labute approximate surface area is 115 Å². The third-order valence-electron chi connectivity index (χ3n) is 2.42. The summed E-state index contributed by atoms with van der Waals surface area (Å²) in [7, 11) is 0. The zero-order chi connectivity index (χ0) is 16.2. The van der Waals surface area contributed by atoms with Crippen molar-refractivity contribution in [2.75, 3.05) is 0 Å². The Balaban J connectivity index is 3.08. The van der Waals surface area contributed by atoms with Gasteiger partial charge in [0.1, 0.15) is 0 Å². The first-order valence-electron chi connectivity index (χ1n) is 5.45. The van der Waals surface area contributed by atoms with Gasteiger partial charge in [-0.05, 0) is 5.56 Å². The van der Waals surface area contributed by atoms with Crippen LogP contribution in [0.4, 0.5) is 18.9 Å². The number of nitro groups is 1. The predicted octanol–water partition coefficient (Wildman–Crippen LogP) is 1.79. The van der Waals surface area contributed by atoms with Gasteiger partial charge in [0.2, 0.25) is 0 Å². The lowest BCUT2D eigenvalue weighted by Crippen LogP contribution is -2.39. The molecule has 0 aliphatic heterocycles. The molecule has 0 aromatic heterocycles. The summed E-state index contributed by atoms with van der Waals surface area (Å²) in [6.45, 7) is 0. The Morgan fingerprint density at radius 1 is 1.38 bits per heavy atom. The van der Waals surface area contributed by atoms with Gasteiger partial charge in [-0.2, -0.15) is 13.2 Å². The molecule has 0 saturated carbocycles. The molecule has 2 N–H and O–H groups in total. The van der Waals surface area contributed by atoms with Crippen molar-refractivity contribution in [3.05, 3.63) is 39.9 Å². The zero-order valence-electron chi connectivity index (χ0n) is 10.3. The van der Waals surface area contributed by atoms with E-state index in [0.717, 1.165) is 12.1 Å². The van der Waals surface area contributed by atoms with Crippen molar-refractivity contribution < 1.29 is 32.8 Å². The quantitative estimate of drug-likeness (QED) is 0.636. The summed E-state index contributed by atoms with van der Waals surface area (Å²) in [5.74, 6) is -3.78. The van der Waals surface area contributed by atoms with E-state index in [1.165, 1.54) is 17.4 Å². The fourth-order valence-electron chi connectivity index (χ4n) is 1.52. The van der Waals surface area contributed by atoms with Crippen LogP contribution >= 0.6 is 0 Å². The standard InChI is InChI=1S/C11H9F3N2O5/c12-11(13,14)10(19)15-8(5-9(17)18)6-2-1-3-7(4-6)16(20)21/h1-4,8H,5H2,(H,15,19)(H,17,18). The van der Waals surface area contributed by atoms with Gasteiger partial charge in [0.05, 0.1) is 17.4 Å². The average molecular weight is 306 g/mol. The molecule has 21 heavy (non-hydrogen) atoms. The van der Waals surface area contributed by atoms with E-state index in [9.17, 15) is 32.9 Å². The molecule has 0 saturated heterocycles. The molecule has 1 aromatic rings. The van der Waals surface area contributed by atoms with Gasteiger partial charge in [-0.3, -0.25) is 19.7 Å². The van der Waals surface area contributed by atoms with Gasteiger partial charge < -0.3 is 10.4 Å². The minimum Gasteiger partial charge on any atom is -0.481 e. The summed E-state index contributed by atoms with van der Waals surface area (Å²) in [4.78, 5) is 31.4. The molecule has 0 fully saturated rings. The second-order valence-corrected chi connectivity index (χ2v) is 3.97. The summed E-state index contributed by atoms with van der Waals surface area (Å²) < 4.78 is 36.6. The number of rotatable bonds is 5. The van der Waals surface area contributed by atoms with Crippen LogP contribution in [0.25, 0.3) is 0 Å². The van der Waals surface area contributed by atoms with E-state index >= 15 is 0 Å². The van der Waals surface area contributed by atoms with Crippen LogP contribution in [0.15, 0.2) is 24.3 Å². The third-order valence-corrected chi connectivity index (χ3v) is 2.42. The molecule has 0 aliphatic rings. The van der Waals surface area contributed by atoms with E-state index in [4.69, 9.17) is 5.11 Å². The normalized spacial score (nSPS) is 12.5. The van der Waals surface area contributed by atoms with E-state index in [2.05, 4.69) is 0 Å². The summed E-state index contributed by atoms with van der Waals surface area (Å²) >= 11 is 0. The van der Waals surface area contributed by atoms with Crippen LogP contribution in [-0.2, 0) is 9.59 Å². The Morgan fingerprint density at radius 3 is 2.48 bits per heavy atom. The van der Waals surface area contributed by atoms with Gasteiger partial charge in [0.25, 0.3) is 5.69 Å². The molecule has 1 rings (SSSR count). The van der Waals surface area contributed by atoms with Crippen molar-refractivity contribution in [2.45, 2.75) is 18.6 Å². The largest absolute Gasteiger partial charge is 0.481 e. The van der Waals surface area contributed by atoms with E-state index in [-0.39, 0.29) is 5.56 Å².